The lowest BCUT2D eigenvalue weighted by atomic mass is 10.1. The molecule has 1 saturated carbocycles. The van der Waals surface area contributed by atoms with E-state index in [1.165, 1.54) is 0 Å². The van der Waals surface area contributed by atoms with Crippen LogP contribution in [0, 0.1) is 0 Å². The van der Waals surface area contributed by atoms with Crippen LogP contribution in [0.5, 0.6) is 0 Å². The molecule has 1 aromatic rings. The molecule has 94 valence electrons. The largest absolute Gasteiger partial charge is 0.393 e. The molecule has 2 unspecified atom stereocenters. The first-order chi connectivity index (χ1) is 8.04. The van der Waals surface area contributed by atoms with E-state index in [1.807, 2.05) is 6.92 Å². The second-order valence-electron chi connectivity index (χ2n) is 4.84. The number of halogens is 1. The molecule has 0 aromatic carbocycles. The molecule has 5 heteroatoms. The third kappa shape index (κ3) is 3.82. The predicted molar refractivity (Wildman–Crippen MR) is 68.4 cm³/mol. The molecule has 17 heavy (non-hydrogen) atoms. The second-order valence-corrected chi connectivity index (χ2v) is 5.23. The van der Waals surface area contributed by atoms with Gasteiger partial charge in [-0.15, -0.1) is 0 Å². The van der Waals surface area contributed by atoms with Crippen LogP contribution in [0.3, 0.4) is 0 Å². The molecule has 2 atom stereocenters. The first-order valence-electron chi connectivity index (χ1n) is 6.03. The second kappa shape index (κ2) is 5.19. The molecule has 0 radical (unpaired) electrons. The Kier molecular flexibility index (Phi) is 3.84. The number of aromatic nitrogens is 2. The van der Waals surface area contributed by atoms with E-state index in [2.05, 4.69) is 15.3 Å². The fourth-order valence-electron chi connectivity index (χ4n) is 1.86. The highest BCUT2D eigenvalue weighted by Crippen LogP contribution is 2.38. The molecule has 0 spiro atoms. The van der Waals surface area contributed by atoms with Crippen molar-refractivity contribution in [3.63, 3.8) is 0 Å². The molecule has 0 saturated heterocycles. The quantitative estimate of drug-likeness (QED) is 0.794. The van der Waals surface area contributed by atoms with Gasteiger partial charge in [-0.2, -0.15) is 0 Å². The summed E-state index contributed by atoms with van der Waals surface area (Å²) >= 11 is 5.97. The van der Waals surface area contributed by atoms with Crippen LogP contribution in [-0.2, 0) is 0 Å². The number of anilines is 1. The standard InChI is InChI=1S/C12H18ClN3O/c1-7(5-8(2)17)14-11-6-10(13)15-12(16-11)9-3-4-9/h6-9,17H,3-5H2,1-2H3,(H,14,15,16). The van der Waals surface area contributed by atoms with Crippen LogP contribution in [0.4, 0.5) is 5.82 Å². The third-order valence-electron chi connectivity index (χ3n) is 2.74. The lowest BCUT2D eigenvalue weighted by Crippen LogP contribution is -2.21. The highest BCUT2D eigenvalue weighted by atomic mass is 35.5. The van der Waals surface area contributed by atoms with Crippen LogP contribution in [0.25, 0.3) is 0 Å². The Bertz CT molecular complexity index is 393. The minimum absolute atomic E-state index is 0.160. The first-order valence-corrected chi connectivity index (χ1v) is 6.41. The minimum atomic E-state index is -0.322. The number of nitrogens with one attached hydrogen (secondary N) is 1. The summed E-state index contributed by atoms with van der Waals surface area (Å²) in [6.45, 7) is 3.79. The van der Waals surface area contributed by atoms with Crippen molar-refractivity contribution in [2.75, 3.05) is 5.32 Å². The van der Waals surface area contributed by atoms with Gasteiger partial charge in [-0.3, -0.25) is 0 Å². The maximum absolute atomic E-state index is 9.31. The number of rotatable bonds is 5. The van der Waals surface area contributed by atoms with Crippen molar-refractivity contribution in [1.82, 2.24) is 9.97 Å². The van der Waals surface area contributed by atoms with Crippen molar-refractivity contribution in [3.05, 3.63) is 17.0 Å². The molecule has 0 aliphatic heterocycles. The fourth-order valence-corrected chi connectivity index (χ4v) is 2.05. The lowest BCUT2D eigenvalue weighted by molar-refractivity contribution is 0.179. The highest BCUT2D eigenvalue weighted by Gasteiger charge is 2.27. The van der Waals surface area contributed by atoms with Gasteiger partial charge in [0.2, 0.25) is 0 Å². The SMILES string of the molecule is CC(O)CC(C)Nc1cc(Cl)nc(C2CC2)n1. The lowest BCUT2D eigenvalue weighted by Gasteiger charge is -2.16. The van der Waals surface area contributed by atoms with E-state index in [9.17, 15) is 5.11 Å². The summed E-state index contributed by atoms with van der Waals surface area (Å²) in [5, 5.41) is 13.0. The van der Waals surface area contributed by atoms with Crippen LogP contribution in [0.2, 0.25) is 5.15 Å². The molecule has 0 amide bonds. The number of hydrogen-bond donors (Lipinski definition) is 2. The van der Waals surface area contributed by atoms with Crippen molar-refractivity contribution >= 4 is 17.4 Å². The summed E-state index contributed by atoms with van der Waals surface area (Å²) < 4.78 is 0. The van der Waals surface area contributed by atoms with Gasteiger partial charge in [0.25, 0.3) is 0 Å². The zero-order valence-electron chi connectivity index (χ0n) is 10.2. The van der Waals surface area contributed by atoms with E-state index >= 15 is 0 Å². The Hall–Kier alpha value is -0.870. The summed E-state index contributed by atoms with van der Waals surface area (Å²) in [6.07, 6.45) is 2.67. The van der Waals surface area contributed by atoms with Gasteiger partial charge in [-0.05, 0) is 33.1 Å². The van der Waals surface area contributed by atoms with Gasteiger partial charge < -0.3 is 10.4 Å². The van der Waals surface area contributed by atoms with Crippen LogP contribution < -0.4 is 5.32 Å². The first kappa shape index (κ1) is 12.6. The summed E-state index contributed by atoms with van der Waals surface area (Å²) in [5.41, 5.74) is 0. The Morgan fingerprint density at radius 3 is 2.76 bits per heavy atom. The van der Waals surface area contributed by atoms with E-state index in [0.717, 1.165) is 24.5 Å². The molecule has 4 nitrogen and oxygen atoms in total. The van der Waals surface area contributed by atoms with Gasteiger partial charge in [0.15, 0.2) is 0 Å². The highest BCUT2D eigenvalue weighted by molar-refractivity contribution is 6.29. The molecule has 0 bridgehead atoms. The van der Waals surface area contributed by atoms with Gasteiger partial charge in [0, 0.05) is 18.0 Å². The molecule has 2 rings (SSSR count). The monoisotopic (exact) mass is 255 g/mol. The summed E-state index contributed by atoms with van der Waals surface area (Å²) in [7, 11) is 0. The van der Waals surface area contributed by atoms with Gasteiger partial charge in [-0.25, -0.2) is 9.97 Å². The average molecular weight is 256 g/mol. The topological polar surface area (TPSA) is 58.0 Å². The fraction of sp³-hybridized carbons (Fsp3) is 0.667. The maximum Gasteiger partial charge on any atom is 0.135 e. The van der Waals surface area contributed by atoms with Crippen molar-refractivity contribution in [1.29, 1.82) is 0 Å². The summed E-state index contributed by atoms with van der Waals surface area (Å²) in [6, 6.07) is 1.89. The van der Waals surface area contributed by atoms with E-state index in [0.29, 0.717) is 17.5 Å². The molecule has 1 heterocycles. The zero-order chi connectivity index (χ0) is 12.4. The number of nitrogens with zero attached hydrogens (tertiary/aromatic N) is 2. The Morgan fingerprint density at radius 1 is 1.47 bits per heavy atom. The Morgan fingerprint density at radius 2 is 2.18 bits per heavy atom. The van der Waals surface area contributed by atoms with Crippen LogP contribution in [0.15, 0.2) is 6.07 Å². The number of aliphatic hydroxyl groups is 1. The van der Waals surface area contributed by atoms with E-state index < -0.39 is 0 Å². The summed E-state index contributed by atoms with van der Waals surface area (Å²) in [4.78, 5) is 8.68. The maximum atomic E-state index is 9.31. The number of hydrogen-bond acceptors (Lipinski definition) is 4. The van der Waals surface area contributed by atoms with Crippen LogP contribution >= 0.6 is 11.6 Å². The minimum Gasteiger partial charge on any atom is -0.393 e. The average Bonchev–Trinajstić information content (AvgIpc) is 2.97. The van der Waals surface area contributed by atoms with Crippen LogP contribution in [0.1, 0.15) is 44.9 Å². The molecule has 1 fully saturated rings. The molecule has 1 aromatic heterocycles. The van der Waals surface area contributed by atoms with Crippen LogP contribution in [-0.4, -0.2) is 27.2 Å². The Balaban J connectivity index is 2.04. The zero-order valence-corrected chi connectivity index (χ0v) is 10.9. The number of aliphatic hydroxyl groups excluding tert-OH is 1. The van der Waals surface area contributed by atoms with Gasteiger partial charge >= 0.3 is 0 Å². The normalized spacial score (nSPS) is 18.8. The van der Waals surface area contributed by atoms with Crippen molar-refractivity contribution in [3.8, 4) is 0 Å². The van der Waals surface area contributed by atoms with Crippen molar-refractivity contribution in [2.45, 2.75) is 51.2 Å². The molecule has 2 N–H and O–H groups in total. The van der Waals surface area contributed by atoms with Gasteiger partial charge in [-0.1, -0.05) is 11.6 Å². The molecular weight excluding hydrogens is 238 g/mol. The smallest absolute Gasteiger partial charge is 0.135 e. The van der Waals surface area contributed by atoms with Gasteiger partial charge in [0.05, 0.1) is 6.10 Å². The van der Waals surface area contributed by atoms with Crippen molar-refractivity contribution in [2.24, 2.45) is 0 Å². The Labute approximate surface area is 106 Å². The van der Waals surface area contributed by atoms with Gasteiger partial charge in [0.1, 0.15) is 16.8 Å². The van der Waals surface area contributed by atoms with E-state index in [-0.39, 0.29) is 12.1 Å². The van der Waals surface area contributed by atoms with Crippen molar-refractivity contribution < 1.29 is 5.11 Å². The molecular formula is C12H18ClN3O. The predicted octanol–water partition coefficient (Wildman–Crippen LogP) is 2.58. The summed E-state index contributed by atoms with van der Waals surface area (Å²) in [5.74, 6) is 2.07. The van der Waals surface area contributed by atoms with E-state index in [1.54, 1.807) is 13.0 Å². The van der Waals surface area contributed by atoms with E-state index in [4.69, 9.17) is 11.6 Å². The molecule has 1 aliphatic rings. The third-order valence-corrected chi connectivity index (χ3v) is 2.94. The molecule has 1 aliphatic carbocycles.